The van der Waals surface area contributed by atoms with Gasteiger partial charge in [0.1, 0.15) is 23.0 Å². The van der Waals surface area contributed by atoms with Crippen LogP contribution in [-0.4, -0.2) is 9.81 Å². The van der Waals surface area contributed by atoms with Crippen LogP contribution in [0.3, 0.4) is 0 Å². The zero-order valence-corrected chi connectivity index (χ0v) is 12.4. The molecule has 1 heterocycles. The van der Waals surface area contributed by atoms with E-state index in [1.54, 1.807) is 0 Å². The first kappa shape index (κ1) is 14.9. The van der Waals surface area contributed by atoms with Gasteiger partial charge in [0.2, 0.25) is 0 Å². The van der Waals surface area contributed by atoms with Gasteiger partial charge in [-0.05, 0) is 29.3 Å². The minimum atomic E-state index is -0.804. The monoisotopic (exact) mass is 326 g/mol. The van der Waals surface area contributed by atoms with Crippen molar-refractivity contribution in [1.29, 1.82) is 5.26 Å². The second-order valence-electron chi connectivity index (χ2n) is 4.04. The van der Waals surface area contributed by atoms with Gasteiger partial charge in [-0.15, -0.1) is 11.6 Å². The highest BCUT2D eigenvalue weighted by atomic mass is 35.5. The summed E-state index contributed by atoms with van der Waals surface area (Å²) in [6.07, 6.45) is 0. The average molecular weight is 328 g/mol. The van der Waals surface area contributed by atoms with E-state index in [-0.39, 0.29) is 11.4 Å². The van der Waals surface area contributed by atoms with Crippen LogP contribution < -0.4 is 0 Å². The van der Waals surface area contributed by atoms with E-state index in [2.05, 4.69) is 0 Å². The van der Waals surface area contributed by atoms with Crippen molar-refractivity contribution in [3.63, 3.8) is 0 Å². The number of benzene rings is 1. The lowest BCUT2D eigenvalue weighted by atomic mass is 10.1. The average Bonchev–Trinajstić information content (AvgIpc) is 2.90. The molecule has 0 N–H and O–H groups in total. The van der Waals surface area contributed by atoms with E-state index in [0.717, 1.165) is 5.56 Å². The van der Waals surface area contributed by atoms with Crippen molar-refractivity contribution in [1.82, 2.24) is 4.57 Å². The van der Waals surface area contributed by atoms with Gasteiger partial charge in [-0.3, -0.25) is 4.79 Å². The minimum absolute atomic E-state index is 0.143. The summed E-state index contributed by atoms with van der Waals surface area (Å²) in [7, 11) is 0. The van der Waals surface area contributed by atoms with Crippen molar-refractivity contribution < 1.29 is 4.79 Å². The van der Waals surface area contributed by atoms with Crippen molar-refractivity contribution in [2.75, 3.05) is 0 Å². The van der Waals surface area contributed by atoms with Crippen molar-refractivity contribution in [3.05, 3.63) is 59.4 Å². The maximum absolute atomic E-state index is 11.4. The Balaban J connectivity index is 2.43. The van der Waals surface area contributed by atoms with Crippen LogP contribution in [0.5, 0.6) is 0 Å². The maximum Gasteiger partial charge on any atom is 0.268 e. The van der Waals surface area contributed by atoms with Crippen molar-refractivity contribution in [2.24, 2.45) is 0 Å². The fourth-order valence-corrected chi connectivity index (χ4v) is 2.66. The standard InChI is InChI=1S/C14H9Cl3N2O/c15-12(9-4-2-1-3-5-9)13(16)19-10(8-18)6-7-11(19)14(17)20/h1-7,12-13H. The summed E-state index contributed by atoms with van der Waals surface area (Å²) in [5.41, 5.74) is 0.363. The van der Waals surface area contributed by atoms with Crippen LogP contribution in [0.2, 0.25) is 0 Å². The first-order chi connectivity index (χ1) is 9.56. The van der Waals surface area contributed by atoms with E-state index in [4.69, 9.17) is 40.1 Å². The Kier molecular flexibility index (Phi) is 4.72. The molecule has 0 amide bonds. The molecule has 6 heteroatoms. The highest BCUT2D eigenvalue weighted by Gasteiger charge is 2.26. The summed E-state index contributed by atoms with van der Waals surface area (Å²) < 4.78 is 1.35. The number of carbonyl (C=O) groups excluding carboxylic acids is 1. The van der Waals surface area contributed by atoms with E-state index in [0.29, 0.717) is 0 Å². The molecule has 0 aliphatic heterocycles. The number of aromatic nitrogens is 1. The van der Waals surface area contributed by atoms with E-state index in [9.17, 15) is 4.79 Å². The predicted octanol–water partition coefficient (Wildman–Crippen LogP) is 4.46. The predicted molar refractivity (Wildman–Crippen MR) is 79.3 cm³/mol. The fourth-order valence-electron chi connectivity index (χ4n) is 1.89. The molecule has 1 aromatic carbocycles. The molecule has 0 bridgehead atoms. The molecule has 102 valence electrons. The largest absolute Gasteiger partial charge is 0.310 e. The van der Waals surface area contributed by atoms with E-state index < -0.39 is 16.1 Å². The Morgan fingerprint density at radius 3 is 2.35 bits per heavy atom. The quantitative estimate of drug-likeness (QED) is 0.615. The van der Waals surface area contributed by atoms with Crippen LogP contribution in [0.1, 0.15) is 32.6 Å². The van der Waals surface area contributed by atoms with Crippen molar-refractivity contribution in [2.45, 2.75) is 10.9 Å². The zero-order valence-electron chi connectivity index (χ0n) is 10.1. The lowest BCUT2D eigenvalue weighted by Gasteiger charge is -2.20. The van der Waals surface area contributed by atoms with Gasteiger partial charge in [-0.25, -0.2) is 0 Å². The molecule has 2 aromatic rings. The van der Waals surface area contributed by atoms with Gasteiger partial charge in [0.15, 0.2) is 0 Å². The van der Waals surface area contributed by atoms with Gasteiger partial charge in [0, 0.05) is 0 Å². The number of alkyl halides is 2. The Morgan fingerprint density at radius 1 is 1.15 bits per heavy atom. The molecule has 0 radical (unpaired) electrons. The molecule has 2 atom stereocenters. The fraction of sp³-hybridized carbons (Fsp3) is 0.143. The number of nitrogens with zero attached hydrogens (tertiary/aromatic N) is 2. The Morgan fingerprint density at radius 2 is 1.80 bits per heavy atom. The summed E-state index contributed by atoms with van der Waals surface area (Å²) >= 11 is 18.2. The minimum Gasteiger partial charge on any atom is -0.310 e. The van der Waals surface area contributed by atoms with Crippen LogP contribution >= 0.6 is 34.8 Å². The van der Waals surface area contributed by atoms with Gasteiger partial charge in [-0.2, -0.15) is 5.26 Å². The molecule has 0 fully saturated rings. The molecule has 3 nitrogen and oxygen atoms in total. The summed E-state index contributed by atoms with van der Waals surface area (Å²) in [5.74, 6) is 0. The number of hydrogen-bond donors (Lipinski definition) is 0. The SMILES string of the molecule is N#Cc1ccc(C(=O)Cl)n1C(Cl)C(Cl)c1ccccc1. The van der Waals surface area contributed by atoms with Gasteiger partial charge in [-0.1, -0.05) is 41.9 Å². The summed E-state index contributed by atoms with van der Waals surface area (Å²) in [6.45, 7) is 0. The first-order valence-corrected chi connectivity index (χ1v) is 6.95. The lowest BCUT2D eigenvalue weighted by molar-refractivity contribution is 0.107. The van der Waals surface area contributed by atoms with Crippen LogP contribution in [0.4, 0.5) is 0 Å². The molecule has 20 heavy (non-hydrogen) atoms. The summed E-state index contributed by atoms with van der Waals surface area (Å²) in [5, 5.41) is 7.80. The Hall–Kier alpha value is -1.47. The molecular formula is C14H9Cl3N2O. The molecular weight excluding hydrogens is 319 g/mol. The lowest BCUT2D eigenvalue weighted by Crippen LogP contribution is -2.15. The second kappa shape index (κ2) is 6.32. The van der Waals surface area contributed by atoms with E-state index in [1.807, 2.05) is 36.4 Å². The van der Waals surface area contributed by atoms with Crippen molar-refractivity contribution in [3.8, 4) is 6.07 Å². The molecule has 0 spiro atoms. The molecule has 0 saturated carbocycles. The van der Waals surface area contributed by atoms with Crippen LogP contribution in [0.15, 0.2) is 42.5 Å². The third-order valence-electron chi connectivity index (χ3n) is 2.84. The third kappa shape index (κ3) is 2.83. The van der Waals surface area contributed by atoms with Crippen LogP contribution in [0.25, 0.3) is 0 Å². The molecule has 1 aromatic heterocycles. The van der Waals surface area contributed by atoms with Gasteiger partial charge in [0.05, 0.1) is 5.38 Å². The normalized spacial score (nSPS) is 13.5. The Bertz CT molecular complexity index is 661. The van der Waals surface area contributed by atoms with Gasteiger partial charge >= 0.3 is 0 Å². The summed E-state index contributed by atoms with van der Waals surface area (Å²) in [4.78, 5) is 11.4. The number of nitriles is 1. The second-order valence-corrected chi connectivity index (χ2v) is 5.31. The number of halogens is 3. The first-order valence-electron chi connectivity index (χ1n) is 5.70. The third-order valence-corrected chi connectivity index (χ3v) is 4.10. The molecule has 0 aliphatic carbocycles. The van der Waals surface area contributed by atoms with Gasteiger partial charge < -0.3 is 4.57 Å². The van der Waals surface area contributed by atoms with E-state index >= 15 is 0 Å². The molecule has 0 aliphatic rings. The van der Waals surface area contributed by atoms with Crippen LogP contribution in [0, 0.1) is 11.3 Å². The molecule has 2 rings (SSSR count). The van der Waals surface area contributed by atoms with Gasteiger partial charge in [0.25, 0.3) is 5.24 Å². The smallest absolute Gasteiger partial charge is 0.268 e. The topological polar surface area (TPSA) is 45.8 Å². The molecule has 0 saturated heterocycles. The number of hydrogen-bond acceptors (Lipinski definition) is 2. The van der Waals surface area contributed by atoms with E-state index in [1.165, 1.54) is 16.7 Å². The number of carbonyl (C=O) groups is 1. The highest BCUT2D eigenvalue weighted by Crippen LogP contribution is 2.37. The number of rotatable bonds is 4. The summed E-state index contributed by atoms with van der Waals surface area (Å²) in [6, 6.07) is 14.1. The maximum atomic E-state index is 11.4. The Labute approximate surface area is 131 Å². The van der Waals surface area contributed by atoms with Crippen LogP contribution in [-0.2, 0) is 0 Å². The van der Waals surface area contributed by atoms with Crippen molar-refractivity contribution >= 4 is 40.0 Å². The zero-order chi connectivity index (χ0) is 14.7. The molecule has 2 unspecified atom stereocenters. The highest BCUT2D eigenvalue weighted by molar-refractivity contribution is 6.67.